The van der Waals surface area contributed by atoms with Gasteiger partial charge in [0.25, 0.3) is 0 Å². The molecule has 2 aliphatic carbocycles. The second kappa shape index (κ2) is 7.09. The van der Waals surface area contributed by atoms with E-state index in [1.54, 1.807) is 19.1 Å². The Balaban J connectivity index is 2.04. The van der Waals surface area contributed by atoms with E-state index in [4.69, 9.17) is 4.42 Å². The molecule has 0 bridgehead atoms. The van der Waals surface area contributed by atoms with Crippen LogP contribution < -0.4 is 0 Å². The van der Waals surface area contributed by atoms with Gasteiger partial charge in [0, 0.05) is 6.42 Å². The average Bonchev–Trinajstić information content (AvgIpc) is 2.83. The van der Waals surface area contributed by atoms with E-state index in [-0.39, 0.29) is 23.1 Å². The molecule has 0 saturated carbocycles. The van der Waals surface area contributed by atoms with Crippen LogP contribution in [0.1, 0.15) is 44.0 Å². The summed E-state index contributed by atoms with van der Waals surface area (Å²) in [6.45, 7) is 3.59. The van der Waals surface area contributed by atoms with E-state index in [9.17, 15) is 17.6 Å². The summed E-state index contributed by atoms with van der Waals surface area (Å²) in [6.07, 6.45) is 5.78. The maximum Gasteiger partial charge on any atom is 0.416 e. The van der Waals surface area contributed by atoms with Crippen molar-refractivity contribution in [1.82, 2.24) is 4.98 Å². The molecule has 1 aromatic heterocycles. The van der Waals surface area contributed by atoms with Crippen LogP contribution >= 0.6 is 0 Å². The van der Waals surface area contributed by atoms with Crippen molar-refractivity contribution in [3.63, 3.8) is 0 Å². The lowest BCUT2D eigenvalue weighted by Crippen LogP contribution is -2.11. The average molecular weight is 365 g/mol. The zero-order valence-electron chi connectivity index (χ0n) is 14.5. The van der Waals surface area contributed by atoms with Gasteiger partial charge in [0.2, 0.25) is 5.89 Å². The Morgan fingerprint density at radius 2 is 2.00 bits per heavy atom. The third-order valence-corrected chi connectivity index (χ3v) is 4.44. The molecule has 0 saturated heterocycles. The quantitative estimate of drug-likeness (QED) is 0.571. The zero-order valence-corrected chi connectivity index (χ0v) is 14.5. The normalized spacial score (nSPS) is 20.9. The zero-order chi connectivity index (χ0) is 18.9. The van der Waals surface area contributed by atoms with Gasteiger partial charge >= 0.3 is 6.18 Å². The number of aromatic nitrogens is 1. The molecule has 1 heterocycles. The van der Waals surface area contributed by atoms with E-state index in [1.807, 2.05) is 13.0 Å². The van der Waals surface area contributed by atoms with Crippen LogP contribution in [0.15, 0.2) is 51.8 Å². The number of allylic oxidation sites excluding steroid dienone is 9. The summed E-state index contributed by atoms with van der Waals surface area (Å²) < 4.78 is 59.8. The SMILES string of the molecule is CCC1C=CC=C(c2nc3c(o2)CCC(C)=CC(C(F)(F)F)=C3)C(F)=C1. The van der Waals surface area contributed by atoms with Crippen LogP contribution in [-0.4, -0.2) is 11.2 Å². The lowest BCUT2D eigenvalue weighted by Gasteiger charge is -2.11. The van der Waals surface area contributed by atoms with Gasteiger partial charge in [-0.15, -0.1) is 0 Å². The second-order valence-electron chi connectivity index (χ2n) is 6.47. The number of halogens is 4. The van der Waals surface area contributed by atoms with Gasteiger partial charge in [0.1, 0.15) is 17.3 Å². The number of hydrogen-bond donors (Lipinski definition) is 0. The smallest absolute Gasteiger partial charge is 0.416 e. The van der Waals surface area contributed by atoms with Crippen LogP contribution in [0.4, 0.5) is 17.6 Å². The molecule has 0 aliphatic heterocycles. The van der Waals surface area contributed by atoms with Gasteiger partial charge in [0.05, 0.1) is 11.1 Å². The summed E-state index contributed by atoms with van der Waals surface area (Å²) >= 11 is 0. The van der Waals surface area contributed by atoms with Gasteiger partial charge < -0.3 is 4.42 Å². The number of rotatable bonds is 2. The van der Waals surface area contributed by atoms with Crippen molar-refractivity contribution in [2.45, 2.75) is 39.3 Å². The van der Waals surface area contributed by atoms with Crippen LogP contribution in [0.3, 0.4) is 0 Å². The topological polar surface area (TPSA) is 26.0 Å². The van der Waals surface area contributed by atoms with E-state index in [0.29, 0.717) is 24.2 Å². The molecular weight excluding hydrogens is 346 g/mol. The molecule has 0 radical (unpaired) electrons. The fourth-order valence-electron chi connectivity index (χ4n) is 2.91. The van der Waals surface area contributed by atoms with Gasteiger partial charge in [0.15, 0.2) is 0 Å². The largest absolute Gasteiger partial charge is 0.440 e. The van der Waals surface area contributed by atoms with Crippen LogP contribution in [0.25, 0.3) is 11.6 Å². The molecule has 6 heteroatoms. The summed E-state index contributed by atoms with van der Waals surface area (Å²) in [6, 6.07) is 0. The molecular formula is C20H19F4NO. The first-order valence-corrected chi connectivity index (χ1v) is 8.50. The van der Waals surface area contributed by atoms with Crippen molar-refractivity contribution >= 4 is 11.6 Å². The molecule has 1 aromatic rings. The third-order valence-electron chi connectivity index (χ3n) is 4.44. The van der Waals surface area contributed by atoms with Gasteiger partial charge in [-0.2, -0.15) is 13.2 Å². The van der Waals surface area contributed by atoms with Gasteiger partial charge in [-0.05, 0) is 43.9 Å². The maximum absolute atomic E-state index is 14.5. The summed E-state index contributed by atoms with van der Waals surface area (Å²) in [7, 11) is 0. The third kappa shape index (κ3) is 3.89. The van der Waals surface area contributed by atoms with Crippen molar-refractivity contribution in [2.75, 3.05) is 0 Å². The highest BCUT2D eigenvalue weighted by atomic mass is 19.4. The molecule has 1 unspecified atom stereocenters. The fourth-order valence-corrected chi connectivity index (χ4v) is 2.91. The molecule has 1 atom stereocenters. The Kier molecular flexibility index (Phi) is 5.03. The first kappa shape index (κ1) is 18.4. The molecule has 138 valence electrons. The van der Waals surface area contributed by atoms with Crippen LogP contribution in [0.2, 0.25) is 0 Å². The molecule has 26 heavy (non-hydrogen) atoms. The molecule has 0 spiro atoms. The molecule has 0 N–H and O–H groups in total. The molecule has 2 aliphatic rings. The summed E-state index contributed by atoms with van der Waals surface area (Å²) in [5.41, 5.74) is 0.0684. The monoisotopic (exact) mass is 365 g/mol. The molecule has 0 amide bonds. The van der Waals surface area contributed by atoms with Crippen LogP contribution in [0, 0.1) is 5.92 Å². The Morgan fingerprint density at radius 1 is 1.23 bits per heavy atom. The van der Waals surface area contributed by atoms with E-state index >= 15 is 0 Å². The number of alkyl halides is 3. The fraction of sp³-hybridized carbons (Fsp3) is 0.350. The molecule has 0 aromatic carbocycles. The van der Waals surface area contributed by atoms with Gasteiger partial charge in [-0.3, -0.25) is 0 Å². The second-order valence-corrected chi connectivity index (χ2v) is 6.47. The van der Waals surface area contributed by atoms with Crippen molar-refractivity contribution in [2.24, 2.45) is 5.92 Å². The lowest BCUT2D eigenvalue weighted by molar-refractivity contribution is -0.0874. The summed E-state index contributed by atoms with van der Waals surface area (Å²) in [5.74, 6) is -0.181. The number of oxazole rings is 1. The van der Waals surface area contributed by atoms with E-state index in [0.717, 1.165) is 18.6 Å². The predicted octanol–water partition coefficient (Wildman–Crippen LogP) is 6.35. The van der Waals surface area contributed by atoms with E-state index in [1.165, 1.54) is 6.08 Å². The standard InChI is InChI=1S/C20H19F4NO/c1-3-13-5-4-6-15(16(21)10-13)19-25-17-11-14(20(22,23)24)9-12(2)7-8-18(17)26-19/h4-6,9-11,13H,3,7-8H2,1-2H3. The van der Waals surface area contributed by atoms with Crippen LogP contribution in [-0.2, 0) is 6.42 Å². The first-order chi connectivity index (χ1) is 12.3. The Morgan fingerprint density at radius 3 is 2.69 bits per heavy atom. The minimum Gasteiger partial charge on any atom is -0.440 e. The highest BCUT2D eigenvalue weighted by Gasteiger charge is 2.33. The summed E-state index contributed by atoms with van der Waals surface area (Å²) in [4.78, 5) is 4.15. The van der Waals surface area contributed by atoms with E-state index in [2.05, 4.69) is 4.98 Å². The Bertz CT molecular complexity index is 850. The maximum atomic E-state index is 14.5. The van der Waals surface area contributed by atoms with Crippen molar-refractivity contribution < 1.29 is 22.0 Å². The highest BCUT2D eigenvalue weighted by Crippen LogP contribution is 2.35. The molecule has 2 nitrogen and oxygen atoms in total. The molecule has 0 fully saturated rings. The number of nitrogens with zero attached hydrogens (tertiary/aromatic N) is 1. The predicted molar refractivity (Wildman–Crippen MR) is 92.7 cm³/mol. The number of fused-ring (bicyclic) bond motifs is 1. The highest BCUT2D eigenvalue weighted by molar-refractivity contribution is 5.75. The minimum absolute atomic E-state index is 0.00230. The summed E-state index contributed by atoms with van der Waals surface area (Å²) in [5, 5.41) is 0. The van der Waals surface area contributed by atoms with Crippen molar-refractivity contribution in [1.29, 1.82) is 0 Å². The van der Waals surface area contributed by atoms with Crippen molar-refractivity contribution in [3.8, 4) is 0 Å². The lowest BCUT2D eigenvalue weighted by atomic mass is 10.0. The van der Waals surface area contributed by atoms with E-state index < -0.39 is 17.6 Å². The van der Waals surface area contributed by atoms with Crippen LogP contribution in [0.5, 0.6) is 0 Å². The van der Waals surface area contributed by atoms with Gasteiger partial charge in [-0.25, -0.2) is 9.37 Å². The Hall–Kier alpha value is -2.37. The van der Waals surface area contributed by atoms with Gasteiger partial charge in [-0.1, -0.05) is 30.7 Å². The number of aryl methyl sites for hydroxylation is 1. The first-order valence-electron chi connectivity index (χ1n) is 8.50. The van der Waals surface area contributed by atoms with Crippen molar-refractivity contribution in [3.05, 3.63) is 64.7 Å². The molecule has 3 rings (SSSR count). The Labute approximate surface area is 149 Å². The number of hydrogen-bond acceptors (Lipinski definition) is 2. The minimum atomic E-state index is -4.49.